The highest BCUT2D eigenvalue weighted by Gasteiger charge is 1.57. The second-order valence-corrected chi connectivity index (χ2v) is 2.44. The van der Waals surface area contributed by atoms with Gasteiger partial charge >= 0.3 is 0 Å². The Balaban J connectivity index is -0.000000142. The van der Waals surface area contributed by atoms with Crippen LogP contribution in [-0.4, -0.2) is 13.7 Å². The van der Waals surface area contributed by atoms with E-state index in [4.69, 9.17) is 0 Å². The lowest BCUT2D eigenvalue weighted by Gasteiger charge is -1.76. The van der Waals surface area contributed by atoms with Crippen molar-refractivity contribution in [3.8, 4) is 0 Å². The Morgan fingerprint density at radius 2 is 0.867 bits per heavy atom. The minimum atomic E-state index is 0.819. The third kappa shape index (κ3) is 43.1. The smallest absolute Gasteiger partial charge is 0.0433 e. The maximum Gasteiger partial charge on any atom is 0.0433 e. The van der Waals surface area contributed by atoms with Crippen molar-refractivity contribution < 1.29 is 4.74 Å². The predicted molar refractivity (Wildman–Crippen MR) is 71.3 cm³/mol. The maximum atomic E-state index is 4.54. The van der Waals surface area contributed by atoms with Crippen molar-refractivity contribution >= 4 is 0 Å². The van der Waals surface area contributed by atoms with Crippen molar-refractivity contribution in [1.29, 1.82) is 0 Å². The van der Waals surface area contributed by atoms with Gasteiger partial charge in [-0.15, -0.1) is 0 Å². The van der Waals surface area contributed by atoms with Gasteiger partial charge in [0.2, 0.25) is 0 Å². The Kier molecular flexibility index (Phi) is 38.4. The Bertz CT molecular complexity index is 109. The maximum absolute atomic E-state index is 4.54. The van der Waals surface area contributed by atoms with Gasteiger partial charge in [0, 0.05) is 13.7 Å². The van der Waals surface area contributed by atoms with Gasteiger partial charge in [-0.1, -0.05) is 70.5 Å². The molecule has 0 aromatic heterocycles. The van der Waals surface area contributed by atoms with Crippen molar-refractivity contribution in [1.82, 2.24) is 0 Å². The average Bonchev–Trinajstić information content (AvgIpc) is 2.35. The fourth-order valence-corrected chi connectivity index (χ4v) is 0.385. The minimum Gasteiger partial charge on any atom is -0.385 e. The molecule has 15 heavy (non-hydrogen) atoms. The van der Waals surface area contributed by atoms with Crippen LogP contribution in [0.25, 0.3) is 0 Å². The Morgan fingerprint density at radius 1 is 0.733 bits per heavy atom. The lowest BCUT2D eigenvalue weighted by molar-refractivity contribution is 0.215. The normalized spacial score (nSPS) is 6.80. The van der Waals surface area contributed by atoms with Crippen LogP contribution < -0.4 is 0 Å². The summed E-state index contributed by atoms with van der Waals surface area (Å²) in [4.78, 5) is 0. The molecule has 0 aliphatic carbocycles. The van der Waals surface area contributed by atoms with E-state index in [2.05, 4.69) is 18.6 Å². The van der Waals surface area contributed by atoms with Crippen LogP contribution in [0.1, 0.15) is 41.0 Å². The third-order valence-corrected chi connectivity index (χ3v) is 0.955. The first-order chi connectivity index (χ1) is 7.33. The van der Waals surface area contributed by atoms with Crippen LogP contribution in [-0.2, 0) is 4.74 Å². The first kappa shape index (κ1) is 19.7. The summed E-state index contributed by atoms with van der Waals surface area (Å²) in [5.41, 5.74) is 0. The first-order valence-corrected chi connectivity index (χ1v) is 5.82. The van der Waals surface area contributed by atoms with Crippen LogP contribution in [0, 0.1) is 0 Å². The summed E-state index contributed by atoms with van der Waals surface area (Å²) in [6.45, 7) is 11.0. The van der Waals surface area contributed by atoms with E-state index in [0.717, 1.165) is 6.61 Å². The fourth-order valence-electron chi connectivity index (χ4n) is 0.385. The van der Waals surface area contributed by atoms with E-state index < -0.39 is 0 Å². The monoisotopic (exact) mass is 212 g/mol. The van der Waals surface area contributed by atoms with Gasteiger partial charge in [-0.25, -0.2) is 0 Å². The lowest BCUT2D eigenvalue weighted by Crippen LogP contribution is -1.73. The van der Waals surface area contributed by atoms with E-state index in [9.17, 15) is 0 Å². The molecule has 1 heteroatoms. The quantitative estimate of drug-likeness (QED) is 0.651. The molecule has 0 heterocycles. The zero-order chi connectivity index (χ0) is 12.4. The molecule has 0 N–H and O–H groups in total. The zero-order valence-electron chi connectivity index (χ0n) is 11.3. The van der Waals surface area contributed by atoms with Crippen LogP contribution in [0.4, 0.5) is 0 Å². The van der Waals surface area contributed by atoms with Crippen LogP contribution >= 0.6 is 0 Å². The number of hydrogen-bond donors (Lipinski definition) is 0. The number of methoxy groups -OCH3 is 1. The van der Waals surface area contributed by atoms with Crippen molar-refractivity contribution in [2.45, 2.75) is 41.0 Å². The Hall–Kier alpha value is -0.820. The van der Waals surface area contributed by atoms with Crippen LogP contribution in [0.15, 0.2) is 36.4 Å². The van der Waals surface area contributed by atoms with E-state index in [-0.39, 0.29) is 0 Å². The van der Waals surface area contributed by atoms with Gasteiger partial charge in [-0.3, -0.25) is 0 Å². The summed E-state index contributed by atoms with van der Waals surface area (Å²) in [6, 6.07) is 12.0. The topological polar surface area (TPSA) is 9.23 Å². The van der Waals surface area contributed by atoms with Crippen LogP contribution in [0.2, 0.25) is 0 Å². The van der Waals surface area contributed by atoms with Crippen molar-refractivity contribution in [2.75, 3.05) is 13.7 Å². The van der Waals surface area contributed by atoms with Gasteiger partial charge in [0.25, 0.3) is 0 Å². The van der Waals surface area contributed by atoms with Gasteiger partial charge in [-0.2, -0.15) is 0 Å². The molecule has 1 rings (SSSR count). The molecule has 0 amide bonds. The molecule has 1 aromatic rings. The number of benzene rings is 1. The summed E-state index contributed by atoms with van der Waals surface area (Å²) >= 11 is 0. The molecule has 0 radical (unpaired) electrons. The van der Waals surface area contributed by atoms with Crippen molar-refractivity contribution in [2.24, 2.45) is 0 Å². The highest BCUT2D eigenvalue weighted by molar-refractivity contribution is 4.99. The fraction of sp³-hybridized carbons (Fsp3) is 0.571. The Labute approximate surface area is 96.5 Å². The van der Waals surface area contributed by atoms with Crippen molar-refractivity contribution in [3.05, 3.63) is 36.4 Å². The second-order valence-electron chi connectivity index (χ2n) is 2.44. The molecule has 0 fully saturated rings. The van der Waals surface area contributed by atoms with Gasteiger partial charge in [0.15, 0.2) is 0 Å². The molecule has 0 aliphatic heterocycles. The van der Waals surface area contributed by atoms with E-state index in [1.54, 1.807) is 7.11 Å². The van der Waals surface area contributed by atoms with E-state index >= 15 is 0 Å². The molecular weight excluding hydrogens is 184 g/mol. The van der Waals surface area contributed by atoms with Crippen LogP contribution in [0.5, 0.6) is 0 Å². The molecular formula is C14H28O. The SMILES string of the molecule is CC.CCC.CCOC.c1ccccc1. The zero-order valence-corrected chi connectivity index (χ0v) is 11.3. The lowest BCUT2D eigenvalue weighted by atomic mass is 10.4. The standard InChI is InChI=1S/C6H6.C3H8O.C3H8.C2H6/c1-2-4-6-5-3-1;1-3-4-2;1-3-2;1-2/h1-6H;3H2,1-2H3;3H2,1-2H3;1-2H3. The van der Waals surface area contributed by atoms with E-state index in [0.29, 0.717) is 0 Å². The molecule has 1 nitrogen and oxygen atoms in total. The molecule has 90 valence electrons. The van der Waals surface area contributed by atoms with Gasteiger partial charge in [0.05, 0.1) is 0 Å². The van der Waals surface area contributed by atoms with Crippen molar-refractivity contribution in [3.63, 3.8) is 0 Å². The molecule has 0 spiro atoms. The summed E-state index contributed by atoms with van der Waals surface area (Å²) in [5.74, 6) is 0. The van der Waals surface area contributed by atoms with Crippen LogP contribution in [0.3, 0.4) is 0 Å². The summed E-state index contributed by atoms with van der Waals surface area (Å²) < 4.78 is 4.54. The highest BCUT2D eigenvalue weighted by atomic mass is 16.5. The van der Waals surface area contributed by atoms with Gasteiger partial charge < -0.3 is 4.74 Å². The minimum absolute atomic E-state index is 0.819. The number of ether oxygens (including phenoxy) is 1. The molecule has 0 saturated carbocycles. The third-order valence-electron chi connectivity index (χ3n) is 0.955. The molecule has 1 aromatic carbocycles. The first-order valence-electron chi connectivity index (χ1n) is 5.82. The largest absolute Gasteiger partial charge is 0.385 e. The van der Waals surface area contributed by atoms with Gasteiger partial charge in [0.1, 0.15) is 0 Å². The summed E-state index contributed by atoms with van der Waals surface area (Å²) in [6.07, 6.45) is 1.25. The predicted octanol–water partition coefficient (Wildman–Crippen LogP) is 4.78. The summed E-state index contributed by atoms with van der Waals surface area (Å²) in [7, 11) is 1.68. The second kappa shape index (κ2) is 29.2. The molecule has 0 saturated heterocycles. The van der Waals surface area contributed by atoms with E-state index in [1.807, 2.05) is 57.2 Å². The molecule has 0 bridgehead atoms. The molecule has 0 unspecified atom stereocenters. The number of rotatable bonds is 1. The average molecular weight is 212 g/mol. The Morgan fingerprint density at radius 3 is 0.933 bits per heavy atom. The highest BCUT2D eigenvalue weighted by Crippen LogP contribution is 1.79. The summed E-state index contributed by atoms with van der Waals surface area (Å²) in [5, 5.41) is 0. The van der Waals surface area contributed by atoms with Gasteiger partial charge in [-0.05, 0) is 6.92 Å². The molecule has 0 aliphatic rings. The molecule has 0 atom stereocenters. The number of hydrogen-bond acceptors (Lipinski definition) is 1. The van der Waals surface area contributed by atoms with E-state index in [1.165, 1.54) is 6.42 Å².